The number of hydrogen-bond donors (Lipinski definition) is 4. The number of piperazine rings is 2. The topological polar surface area (TPSA) is 79.2 Å². The third-order valence-corrected chi connectivity index (χ3v) is 8.15. The van der Waals surface area contributed by atoms with E-state index in [1.54, 1.807) is 0 Å². The molecule has 2 aliphatic carbocycles. The fourth-order valence-electron chi connectivity index (χ4n) is 6.38. The van der Waals surface area contributed by atoms with Crippen LogP contribution in [-0.2, 0) is 0 Å². The molecule has 38 heavy (non-hydrogen) atoms. The smallest absolute Gasteiger partial charge is 0.225 e. The number of fused-ring (bicyclic) bond motifs is 4. The van der Waals surface area contributed by atoms with Gasteiger partial charge in [0, 0.05) is 59.4 Å². The van der Waals surface area contributed by atoms with Crippen LogP contribution in [0.25, 0.3) is 21.8 Å². The highest BCUT2D eigenvalue weighted by Crippen LogP contribution is 2.36. The van der Waals surface area contributed by atoms with Gasteiger partial charge < -0.3 is 30.4 Å². The maximum Gasteiger partial charge on any atom is 0.225 e. The predicted octanol–water partition coefficient (Wildman–Crippen LogP) is 4.34. The number of anilines is 2. The molecule has 2 atom stereocenters. The molecule has 0 saturated carbocycles. The first-order valence-corrected chi connectivity index (χ1v) is 13.3. The average Bonchev–Trinajstić information content (AvgIpc) is 3.76. The van der Waals surface area contributed by atoms with E-state index in [0.717, 1.165) is 59.4 Å². The van der Waals surface area contributed by atoms with Gasteiger partial charge in [-0.1, -0.05) is 36.4 Å². The van der Waals surface area contributed by atoms with Crippen molar-refractivity contribution in [2.24, 2.45) is 0 Å². The van der Waals surface area contributed by atoms with Crippen LogP contribution in [0.2, 0.25) is 0 Å². The maximum absolute atomic E-state index is 13.8. The molecule has 4 heterocycles. The second-order valence-corrected chi connectivity index (χ2v) is 10.3. The molecule has 7 nitrogen and oxygen atoms in total. The normalized spacial score (nSPS) is 22.2. The molecule has 0 amide bonds. The summed E-state index contributed by atoms with van der Waals surface area (Å²) < 4.78 is 0. The van der Waals surface area contributed by atoms with E-state index in [0.29, 0.717) is 11.4 Å². The molecule has 0 spiro atoms. The van der Waals surface area contributed by atoms with E-state index in [1.165, 1.54) is 11.4 Å². The summed E-state index contributed by atoms with van der Waals surface area (Å²) >= 11 is 0. The Bertz CT molecular complexity index is 1610. The lowest BCUT2D eigenvalue weighted by Gasteiger charge is -2.35. The van der Waals surface area contributed by atoms with Crippen molar-refractivity contribution in [1.82, 2.24) is 20.6 Å². The van der Waals surface area contributed by atoms with Crippen molar-refractivity contribution in [3.63, 3.8) is 0 Å². The summed E-state index contributed by atoms with van der Waals surface area (Å²) in [5.74, 6) is -0.0332. The molecule has 2 saturated heterocycles. The molecule has 4 aliphatic rings. The molecule has 0 bridgehead atoms. The number of nitrogens with zero attached hydrogens (tertiary/aromatic N) is 2. The first kappa shape index (κ1) is 21.7. The molecule has 2 fully saturated rings. The van der Waals surface area contributed by atoms with E-state index in [1.807, 2.05) is 24.3 Å². The number of hydrogen-bond acceptors (Lipinski definition) is 5. The van der Waals surface area contributed by atoms with Crippen LogP contribution in [0.15, 0.2) is 96.4 Å². The van der Waals surface area contributed by atoms with Crippen molar-refractivity contribution < 1.29 is 4.79 Å². The van der Waals surface area contributed by atoms with Gasteiger partial charge in [0.25, 0.3) is 0 Å². The molecule has 188 valence electrons. The molecule has 8 rings (SSSR count). The van der Waals surface area contributed by atoms with Gasteiger partial charge in [-0.05, 0) is 48.6 Å². The van der Waals surface area contributed by atoms with Crippen molar-refractivity contribution in [3.05, 3.63) is 108 Å². The summed E-state index contributed by atoms with van der Waals surface area (Å²) in [5, 5.41) is 9.23. The number of nitrogens with one attached hydrogen (secondary N) is 4. The lowest BCUT2D eigenvalue weighted by Crippen LogP contribution is -2.47. The summed E-state index contributed by atoms with van der Waals surface area (Å²) in [6.45, 7) is 3.61. The third kappa shape index (κ3) is 3.25. The fourth-order valence-corrected chi connectivity index (χ4v) is 6.38. The van der Waals surface area contributed by atoms with Gasteiger partial charge in [0.05, 0.1) is 34.8 Å². The maximum atomic E-state index is 13.8. The van der Waals surface area contributed by atoms with Gasteiger partial charge >= 0.3 is 0 Å². The minimum absolute atomic E-state index is 0.0332. The lowest BCUT2D eigenvalue weighted by atomic mass is 10.1. The number of allylic oxidation sites excluding steroid dienone is 4. The summed E-state index contributed by atoms with van der Waals surface area (Å²) in [6, 6.07) is 17.0. The molecule has 2 aliphatic heterocycles. The molecular formula is C31H28N6O. The zero-order valence-corrected chi connectivity index (χ0v) is 20.9. The Morgan fingerprint density at radius 3 is 1.71 bits per heavy atom. The number of H-pyrrole nitrogens is 2. The lowest BCUT2D eigenvalue weighted by molar-refractivity contribution is 0.103. The Morgan fingerprint density at radius 1 is 0.711 bits per heavy atom. The Hall–Kier alpha value is -4.33. The van der Waals surface area contributed by atoms with E-state index < -0.39 is 0 Å². The molecule has 7 heteroatoms. The molecular weight excluding hydrogens is 472 g/mol. The summed E-state index contributed by atoms with van der Waals surface area (Å²) in [5.41, 5.74) is 7.89. The number of carbonyl (C=O) groups is 1. The van der Waals surface area contributed by atoms with Gasteiger partial charge in [-0.15, -0.1) is 0 Å². The van der Waals surface area contributed by atoms with Crippen LogP contribution in [0.3, 0.4) is 0 Å². The fraction of sp³-hybridized carbons (Fsp3) is 0.194. The van der Waals surface area contributed by atoms with Crippen molar-refractivity contribution in [2.45, 2.75) is 12.1 Å². The largest absolute Gasteiger partial charge is 0.352 e. The number of rotatable bonds is 4. The van der Waals surface area contributed by atoms with Gasteiger partial charge in [0.1, 0.15) is 0 Å². The van der Waals surface area contributed by atoms with Crippen LogP contribution in [0.1, 0.15) is 16.2 Å². The van der Waals surface area contributed by atoms with Gasteiger partial charge in [-0.25, -0.2) is 0 Å². The zero-order chi connectivity index (χ0) is 25.2. The number of benzene rings is 2. The van der Waals surface area contributed by atoms with Crippen LogP contribution >= 0.6 is 0 Å². The quantitative estimate of drug-likeness (QED) is 0.314. The standard InChI is InChI=1S/C31H28N6O/c38-31(25-17-19-21(34-25)5-1-9-27(19)36-15-13-32-23-7-3-11-29(23)36)26-18-20-22(35-26)6-2-10-28(20)37-16-14-33-24-8-4-12-30(24)37/h1-12,17-18,23-24,32-35H,13-16H2. The Labute approximate surface area is 220 Å². The average molecular weight is 501 g/mol. The molecule has 2 aromatic heterocycles. The van der Waals surface area contributed by atoms with Crippen LogP contribution in [0.4, 0.5) is 11.4 Å². The number of carbonyl (C=O) groups excluding carboxylic acids is 1. The second kappa shape index (κ2) is 8.34. The molecule has 4 N–H and O–H groups in total. The Kier molecular flexibility index (Phi) is 4.77. The van der Waals surface area contributed by atoms with Crippen molar-refractivity contribution in [2.75, 3.05) is 36.0 Å². The van der Waals surface area contributed by atoms with Crippen molar-refractivity contribution in [1.29, 1.82) is 0 Å². The first-order valence-electron chi connectivity index (χ1n) is 13.3. The highest BCUT2D eigenvalue weighted by molar-refractivity contribution is 6.13. The highest BCUT2D eigenvalue weighted by atomic mass is 16.1. The minimum Gasteiger partial charge on any atom is -0.352 e. The van der Waals surface area contributed by atoms with E-state index in [-0.39, 0.29) is 17.9 Å². The van der Waals surface area contributed by atoms with Gasteiger partial charge in [-0.3, -0.25) is 4.79 Å². The van der Waals surface area contributed by atoms with Crippen LogP contribution in [-0.4, -0.2) is 54.0 Å². The van der Waals surface area contributed by atoms with Crippen molar-refractivity contribution in [3.8, 4) is 0 Å². The molecule has 2 unspecified atom stereocenters. The van der Waals surface area contributed by atoms with Gasteiger partial charge in [0.2, 0.25) is 5.78 Å². The second-order valence-electron chi connectivity index (χ2n) is 10.3. The number of aromatic amines is 2. The summed E-state index contributed by atoms with van der Waals surface area (Å²) in [7, 11) is 0. The molecule has 4 aromatic rings. The van der Waals surface area contributed by atoms with E-state index in [4.69, 9.17) is 0 Å². The van der Waals surface area contributed by atoms with Crippen LogP contribution in [0.5, 0.6) is 0 Å². The van der Waals surface area contributed by atoms with E-state index in [2.05, 4.69) is 91.1 Å². The zero-order valence-electron chi connectivity index (χ0n) is 20.9. The molecule has 0 radical (unpaired) electrons. The summed E-state index contributed by atoms with van der Waals surface area (Å²) in [4.78, 5) is 25.3. The number of aromatic nitrogens is 2. The minimum atomic E-state index is -0.0332. The summed E-state index contributed by atoms with van der Waals surface area (Å²) in [6.07, 6.45) is 13.0. The number of ketones is 1. The highest BCUT2D eigenvalue weighted by Gasteiger charge is 2.29. The molecule has 2 aromatic carbocycles. The third-order valence-electron chi connectivity index (χ3n) is 8.15. The van der Waals surface area contributed by atoms with Gasteiger partial charge in [-0.2, -0.15) is 0 Å². The van der Waals surface area contributed by atoms with E-state index in [9.17, 15) is 4.79 Å². The Balaban J connectivity index is 1.16. The monoisotopic (exact) mass is 500 g/mol. The van der Waals surface area contributed by atoms with E-state index >= 15 is 0 Å². The Morgan fingerprint density at radius 2 is 1.21 bits per heavy atom. The van der Waals surface area contributed by atoms with Crippen LogP contribution in [0, 0.1) is 0 Å². The van der Waals surface area contributed by atoms with Crippen molar-refractivity contribution >= 4 is 39.0 Å². The first-order chi connectivity index (χ1) is 18.7. The van der Waals surface area contributed by atoms with Gasteiger partial charge in [0.15, 0.2) is 0 Å². The SMILES string of the molecule is O=C(c1cc2c(N3CCNC4C=CC=C43)cccc2[nH]1)c1cc2c(N3CCNC4C=CC=C43)cccc2[nH]1. The predicted molar refractivity (Wildman–Crippen MR) is 153 cm³/mol. The van der Waals surface area contributed by atoms with Crippen LogP contribution < -0.4 is 20.4 Å².